The molecular weight excluding hydrogens is 385 g/mol. The van der Waals surface area contributed by atoms with E-state index in [-0.39, 0.29) is 24.5 Å². The molecular formula is C17H18ClF3N4O2. The lowest BCUT2D eigenvalue weighted by atomic mass is 10.1. The van der Waals surface area contributed by atoms with Crippen molar-refractivity contribution in [2.75, 3.05) is 11.4 Å². The molecule has 10 heteroatoms. The predicted octanol–water partition coefficient (Wildman–Crippen LogP) is 3.97. The number of aromatic nitrogens is 3. The number of carbonyl (C=O) groups is 2. The summed E-state index contributed by atoms with van der Waals surface area (Å²) in [6.07, 6.45) is -1.78. The van der Waals surface area contributed by atoms with Crippen molar-refractivity contribution >= 4 is 29.0 Å². The molecule has 6 nitrogen and oxygen atoms in total. The van der Waals surface area contributed by atoms with Gasteiger partial charge in [-0.05, 0) is 25.5 Å². The van der Waals surface area contributed by atoms with Crippen LogP contribution in [0.3, 0.4) is 0 Å². The summed E-state index contributed by atoms with van der Waals surface area (Å²) in [5.74, 6) is -1.08. The number of halogens is 4. The van der Waals surface area contributed by atoms with Crippen LogP contribution in [0.15, 0.2) is 30.7 Å². The average molecular weight is 403 g/mol. The van der Waals surface area contributed by atoms with E-state index in [2.05, 4.69) is 10.1 Å². The first kappa shape index (κ1) is 20.9. The lowest BCUT2D eigenvalue weighted by Gasteiger charge is -2.19. The fourth-order valence-electron chi connectivity index (χ4n) is 2.47. The van der Waals surface area contributed by atoms with Crippen LogP contribution < -0.4 is 4.90 Å². The number of rotatable bonds is 8. The zero-order valence-corrected chi connectivity index (χ0v) is 15.3. The minimum atomic E-state index is -4.31. The lowest BCUT2D eigenvalue weighted by Crippen LogP contribution is -2.32. The van der Waals surface area contributed by atoms with Gasteiger partial charge in [-0.25, -0.2) is 4.68 Å². The fourth-order valence-corrected chi connectivity index (χ4v) is 2.70. The first-order chi connectivity index (χ1) is 12.7. The van der Waals surface area contributed by atoms with Crippen molar-refractivity contribution in [3.63, 3.8) is 0 Å². The number of ketones is 1. The van der Waals surface area contributed by atoms with Crippen molar-refractivity contribution in [3.8, 4) is 5.69 Å². The van der Waals surface area contributed by atoms with Crippen LogP contribution in [-0.4, -0.2) is 39.2 Å². The van der Waals surface area contributed by atoms with Crippen LogP contribution in [0.2, 0.25) is 5.15 Å². The Morgan fingerprint density at radius 2 is 2.07 bits per heavy atom. The summed E-state index contributed by atoms with van der Waals surface area (Å²) in [6.45, 7) is 1.93. The standard InChI is InChI=1S/C17H18ClF3N4O2/c1-2-24(15(27)9-13(26)6-3-7-17(19,20)21)14-11-25(23-16(14)18)12-5-4-8-22-10-12/h4-5,8,10-11H,2-3,6-7,9H2,1H3. The fraction of sp³-hybridized carbons (Fsp3) is 0.412. The summed E-state index contributed by atoms with van der Waals surface area (Å²) in [5.41, 5.74) is 0.952. The minimum Gasteiger partial charge on any atom is -0.308 e. The van der Waals surface area contributed by atoms with Crippen LogP contribution in [0.4, 0.5) is 18.9 Å². The highest BCUT2D eigenvalue weighted by Crippen LogP contribution is 2.27. The molecule has 2 rings (SSSR count). The SMILES string of the molecule is CCN(C(=O)CC(=O)CCCC(F)(F)F)c1cn(-c2cccnc2)nc1Cl. The molecule has 0 saturated heterocycles. The van der Waals surface area contributed by atoms with E-state index in [1.165, 1.54) is 15.8 Å². The molecule has 0 aromatic carbocycles. The molecule has 0 fully saturated rings. The third-order valence-electron chi connectivity index (χ3n) is 3.73. The van der Waals surface area contributed by atoms with E-state index in [4.69, 9.17) is 11.6 Å². The monoisotopic (exact) mass is 402 g/mol. The number of anilines is 1. The van der Waals surface area contributed by atoms with E-state index in [0.717, 1.165) is 0 Å². The Morgan fingerprint density at radius 3 is 2.67 bits per heavy atom. The Kier molecular flexibility index (Phi) is 6.95. The molecule has 2 aromatic rings. The summed E-state index contributed by atoms with van der Waals surface area (Å²) in [6, 6.07) is 3.47. The highest BCUT2D eigenvalue weighted by molar-refractivity contribution is 6.32. The topological polar surface area (TPSA) is 68.1 Å². The van der Waals surface area contributed by atoms with Gasteiger partial charge < -0.3 is 4.90 Å². The van der Waals surface area contributed by atoms with E-state index in [0.29, 0.717) is 11.4 Å². The lowest BCUT2D eigenvalue weighted by molar-refractivity contribution is -0.137. The van der Waals surface area contributed by atoms with Crippen LogP contribution in [0.25, 0.3) is 5.69 Å². The van der Waals surface area contributed by atoms with Gasteiger partial charge in [0.15, 0.2) is 5.15 Å². The summed E-state index contributed by atoms with van der Waals surface area (Å²) in [5, 5.41) is 4.19. The number of alkyl halides is 3. The van der Waals surface area contributed by atoms with E-state index < -0.39 is 30.7 Å². The Morgan fingerprint density at radius 1 is 1.33 bits per heavy atom. The summed E-state index contributed by atoms with van der Waals surface area (Å²) >= 11 is 6.13. The van der Waals surface area contributed by atoms with Gasteiger partial charge >= 0.3 is 6.18 Å². The molecule has 27 heavy (non-hydrogen) atoms. The number of nitrogens with zero attached hydrogens (tertiary/aromatic N) is 4. The molecule has 0 bridgehead atoms. The first-order valence-electron chi connectivity index (χ1n) is 8.25. The van der Waals surface area contributed by atoms with Gasteiger partial charge in [-0.3, -0.25) is 14.6 Å². The van der Waals surface area contributed by atoms with Gasteiger partial charge in [-0.15, -0.1) is 0 Å². The van der Waals surface area contributed by atoms with Crippen molar-refractivity contribution in [1.29, 1.82) is 0 Å². The van der Waals surface area contributed by atoms with Crippen molar-refractivity contribution in [1.82, 2.24) is 14.8 Å². The van der Waals surface area contributed by atoms with Gasteiger partial charge in [0.05, 0.1) is 24.5 Å². The van der Waals surface area contributed by atoms with Crippen LogP contribution in [-0.2, 0) is 9.59 Å². The van der Waals surface area contributed by atoms with Crippen molar-refractivity contribution < 1.29 is 22.8 Å². The van der Waals surface area contributed by atoms with Crippen molar-refractivity contribution in [3.05, 3.63) is 35.9 Å². The number of carbonyl (C=O) groups excluding carboxylic acids is 2. The molecule has 2 heterocycles. The number of hydrogen-bond donors (Lipinski definition) is 0. The molecule has 0 aliphatic heterocycles. The van der Waals surface area contributed by atoms with Crippen LogP contribution in [0.1, 0.15) is 32.6 Å². The van der Waals surface area contributed by atoms with E-state index in [1.807, 2.05) is 0 Å². The molecule has 0 saturated carbocycles. The van der Waals surface area contributed by atoms with E-state index in [1.54, 1.807) is 31.5 Å². The Balaban J connectivity index is 2.04. The minimum absolute atomic E-state index is 0.0681. The van der Waals surface area contributed by atoms with Gasteiger partial charge in [-0.1, -0.05) is 11.6 Å². The molecule has 0 aliphatic rings. The first-order valence-corrected chi connectivity index (χ1v) is 8.63. The van der Waals surface area contributed by atoms with Crippen molar-refractivity contribution in [2.24, 2.45) is 0 Å². The maximum atomic E-state index is 12.4. The highest BCUT2D eigenvalue weighted by Gasteiger charge is 2.27. The number of amides is 1. The molecule has 2 aromatic heterocycles. The molecule has 0 aliphatic carbocycles. The van der Waals surface area contributed by atoms with Crippen LogP contribution >= 0.6 is 11.6 Å². The summed E-state index contributed by atoms with van der Waals surface area (Å²) in [7, 11) is 0. The maximum Gasteiger partial charge on any atom is 0.389 e. The molecule has 0 atom stereocenters. The normalized spacial score (nSPS) is 11.4. The number of hydrogen-bond acceptors (Lipinski definition) is 4. The molecule has 0 N–H and O–H groups in total. The summed E-state index contributed by atoms with van der Waals surface area (Å²) < 4.78 is 37.9. The van der Waals surface area contributed by atoms with Gasteiger partial charge in [0.1, 0.15) is 11.5 Å². The predicted molar refractivity (Wildman–Crippen MR) is 93.9 cm³/mol. The Hall–Kier alpha value is -2.42. The molecule has 146 valence electrons. The largest absolute Gasteiger partial charge is 0.389 e. The maximum absolute atomic E-state index is 12.4. The third-order valence-corrected chi connectivity index (χ3v) is 4.00. The zero-order chi connectivity index (χ0) is 20.0. The third kappa shape index (κ3) is 6.06. The molecule has 0 radical (unpaired) electrons. The molecule has 0 unspecified atom stereocenters. The van der Waals surface area contributed by atoms with E-state index in [9.17, 15) is 22.8 Å². The number of Topliss-reactive ketones (excluding diaryl/α,β-unsaturated/α-hetero) is 1. The Bertz CT molecular complexity index is 793. The highest BCUT2D eigenvalue weighted by atomic mass is 35.5. The second-order valence-corrected chi connectivity index (χ2v) is 6.14. The van der Waals surface area contributed by atoms with Gasteiger partial charge in [0.2, 0.25) is 5.91 Å². The second-order valence-electron chi connectivity index (χ2n) is 5.78. The van der Waals surface area contributed by atoms with Gasteiger partial charge in [-0.2, -0.15) is 18.3 Å². The van der Waals surface area contributed by atoms with E-state index >= 15 is 0 Å². The van der Waals surface area contributed by atoms with Gasteiger partial charge in [0.25, 0.3) is 0 Å². The second kappa shape index (κ2) is 8.98. The number of pyridine rings is 1. The smallest absolute Gasteiger partial charge is 0.308 e. The zero-order valence-electron chi connectivity index (χ0n) is 14.5. The van der Waals surface area contributed by atoms with Gasteiger partial charge in [0, 0.05) is 25.6 Å². The molecule has 0 spiro atoms. The van der Waals surface area contributed by atoms with Crippen LogP contribution in [0.5, 0.6) is 0 Å². The van der Waals surface area contributed by atoms with Crippen molar-refractivity contribution in [2.45, 2.75) is 38.8 Å². The Labute approximate surface area is 158 Å². The average Bonchev–Trinajstić information content (AvgIpc) is 2.97. The summed E-state index contributed by atoms with van der Waals surface area (Å²) in [4.78, 5) is 29.5. The quantitative estimate of drug-likeness (QED) is 0.627. The molecule has 1 amide bonds. The van der Waals surface area contributed by atoms with Crippen LogP contribution in [0, 0.1) is 0 Å².